The topological polar surface area (TPSA) is 99.2 Å². The highest BCUT2D eigenvalue weighted by molar-refractivity contribution is 6.01. The van der Waals surface area contributed by atoms with Crippen LogP contribution in [0, 0.1) is 11.3 Å². The van der Waals surface area contributed by atoms with Crippen LogP contribution in [0.2, 0.25) is 0 Å². The number of piperazine rings is 1. The van der Waals surface area contributed by atoms with Crippen molar-refractivity contribution in [3.8, 4) is 40.2 Å². The number of rotatable bonds is 11. The number of hydrogen-bond acceptors (Lipinski definition) is 6. The Morgan fingerprint density at radius 1 is 0.768 bits per heavy atom. The van der Waals surface area contributed by atoms with E-state index < -0.39 is 0 Å². The molecule has 4 aromatic carbocycles. The summed E-state index contributed by atoms with van der Waals surface area (Å²) in [6.45, 7) is 6.33. The lowest BCUT2D eigenvalue weighted by Crippen LogP contribution is -2.43. The predicted octanol–water partition coefficient (Wildman–Crippen LogP) is 6.93. The van der Waals surface area contributed by atoms with Crippen LogP contribution in [0.15, 0.2) is 114 Å². The fourth-order valence-electron chi connectivity index (χ4n) is 8.50. The molecule has 0 amide bonds. The van der Waals surface area contributed by atoms with Crippen molar-refractivity contribution in [2.24, 2.45) is 7.05 Å². The third kappa shape index (κ3) is 5.95. The monoisotopic (exact) mass is 744 g/mol. The lowest BCUT2D eigenvalue weighted by Gasteiger charge is -2.27. The molecule has 1 saturated heterocycles. The van der Waals surface area contributed by atoms with Crippen LogP contribution in [0.5, 0.6) is 11.5 Å². The van der Waals surface area contributed by atoms with Crippen LogP contribution in [-0.4, -0.2) is 74.7 Å². The Morgan fingerprint density at radius 3 is 2.20 bits per heavy atom. The van der Waals surface area contributed by atoms with Gasteiger partial charge in [-0.25, -0.2) is 4.79 Å². The maximum atomic E-state index is 15.0. The van der Waals surface area contributed by atoms with Crippen molar-refractivity contribution >= 4 is 32.7 Å². The lowest BCUT2D eigenvalue weighted by molar-refractivity contribution is 0.235. The zero-order valence-corrected chi connectivity index (χ0v) is 31.9. The minimum Gasteiger partial charge on any atom is -0.497 e. The molecule has 0 bridgehead atoms. The molecule has 11 heteroatoms. The normalized spacial score (nSPS) is 13.5. The van der Waals surface area contributed by atoms with Crippen LogP contribution in [-0.2, 0) is 20.1 Å². The highest BCUT2D eigenvalue weighted by atomic mass is 16.5. The van der Waals surface area contributed by atoms with Gasteiger partial charge in [-0.3, -0.25) is 9.13 Å². The molecule has 4 aromatic heterocycles. The van der Waals surface area contributed by atoms with Gasteiger partial charge >= 0.3 is 5.69 Å². The van der Waals surface area contributed by atoms with Crippen molar-refractivity contribution < 1.29 is 9.47 Å². The number of fused-ring (bicyclic) bond motifs is 3. The summed E-state index contributed by atoms with van der Waals surface area (Å²) in [5.41, 5.74) is 6.92. The molecule has 1 fully saturated rings. The van der Waals surface area contributed by atoms with E-state index in [1.807, 2.05) is 66.3 Å². The largest absolute Gasteiger partial charge is 0.497 e. The second-order valence-corrected chi connectivity index (χ2v) is 14.4. The maximum Gasteiger partial charge on any atom is 0.334 e. The van der Waals surface area contributed by atoms with Crippen molar-refractivity contribution in [2.75, 3.05) is 46.9 Å². The van der Waals surface area contributed by atoms with E-state index in [4.69, 9.17) is 9.47 Å². The van der Waals surface area contributed by atoms with E-state index in [0.29, 0.717) is 22.9 Å². The van der Waals surface area contributed by atoms with E-state index in [1.54, 1.807) is 29.4 Å². The van der Waals surface area contributed by atoms with Gasteiger partial charge in [-0.1, -0.05) is 54.6 Å². The zero-order chi connectivity index (χ0) is 38.3. The minimum atomic E-state index is -0.316. The Labute approximate surface area is 324 Å². The van der Waals surface area contributed by atoms with E-state index >= 15 is 4.79 Å². The van der Waals surface area contributed by atoms with Crippen molar-refractivity contribution in [1.82, 2.24) is 33.1 Å². The molecule has 0 unspecified atom stereocenters. The van der Waals surface area contributed by atoms with Gasteiger partial charge in [-0.05, 0) is 43.3 Å². The molecule has 5 heterocycles. The van der Waals surface area contributed by atoms with Crippen LogP contribution < -0.4 is 20.5 Å². The molecule has 9 rings (SSSR count). The average Bonchev–Trinajstić information content (AvgIpc) is 3.97. The summed E-state index contributed by atoms with van der Waals surface area (Å²) in [6, 6.07) is 32.8. The SMILES string of the molecule is COc1ccc(Cn2c(C#N)c(-c3cn(-c4cn(CCCN5CCNCC5)c5ccccc45)c4ccccc34)n(-c3cn(C)c4ccccc34)c2=O)c(OC)c1. The standard InChI is InChI=1S/C45H44N8O3/c1-48-29-42(34-12-5-7-14-37(34)48)53-44(40(26-46)52(45(53)54)27-31-17-18-32(55-2)25-43(31)56-3)36-28-51(39-16-9-4-11-33(36)39)41-30-50(38-15-8-6-13-35(38)41)22-10-21-49-23-19-47-20-24-49/h4-9,11-18,25,28-30,47H,10,19-24,27H2,1-3H3. The third-order valence-electron chi connectivity index (χ3n) is 11.3. The molecule has 0 aliphatic carbocycles. The first-order chi connectivity index (χ1) is 27.5. The summed E-state index contributed by atoms with van der Waals surface area (Å²) in [6.07, 6.45) is 7.38. The van der Waals surface area contributed by atoms with Gasteiger partial charge in [0.15, 0.2) is 0 Å². The second-order valence-electron chi connectivity index (χ2n) is 14.4. The van der Waals surface area contributed by atoms with Gasteiger partial charge in [0.2, 0.25) is 0 Å². The van der Waals surface area contributed by atoms with Gasteiger partial charge in [0.25, 0.3) is 0 Å². The molecule has 0 radical (unpaired) electrons. The zero-order valence-electron chi connectivity index (χ0n) is 31.9. The number of imidazole rings is 1. The molecular weight excluding hydrogens is 701 g/mol. The van der Waals surface area contributed by atoms with Crippen LogP contribution in [0.25, 0.3) is 55.3 Å². The average molecular weight is 745 g/mol. The van der Waals surface area contributed by atoms with E-state index in [2.05, 4.69) is 74.2 Å². The van der Waals surface area contributed by atoms with E-state index in [1.165, 1.54) is 5.52 Å². The quantitative estimate of drug-likeness (QED) is 0.154. The molecule has 1 N–H and O–H groups in total. The lowest BCUT2D eigenvalue weighted by atomic mass is 10.1. The molecule has 11 nitrogen and oxygen atoms in total. The molecular formula is C45H44N8O3. The van der Waals surface area contributed by atoms with E-state index in [0.717, 1.165) is 89.7 Å². The van der Waals surface area contributed by atoms with Crippen LogP contribution in [0.4, 0.5) is 0 Å². The predicted molar refractivity (Wildman–Crippen MR) is 222 cm³/mol. The molecule has 1 aliphatic rings. The van der Waals surface area contributed by atoms with Crippen molar-refractivity contribution in [1.29, 1.82) is 5.26 Å². The van der Waals surface area contributed by atoms with Crippen molar-refractivity contribution in [3.05, 3.63) is 131 Å². The summed E-state index contributed by atoms with van der Waals surface area (Å²) in [4.78, 5) is 17.5. The van der Waals surface area contributed by atoms with Crippen LogP contribution >= 0.6 is 0 Å². The Morgan fingerprint density at radius 2 is 1.46 bits per heavy atom. The summed E-state index contributed by atoms with van der Waals surface area (Å²) in [5, 5.41) is 17.5. The number of nitrogens with one attached hydrogen (secondary N) is 1. The molecule has 8 aromatic rings. The summed E-state index contributed by atoms with van der Waals surface area (Å²) < 4.78 is 21.1. The number of hydrogen-bond donors (Lipinski definition) is 1. The fourth-order valence-corrected chi connectivity index (χ4v) is 8.50. The number of benzene rings is 4. The molecule has 0 spiro atoms. The Bertz CT molecular complexity index is 2840. The number of methoxy groups -OCH3 is 2. The first-order valence-corrected chi connectivity index (χ1v) is 19.1. The second kappa shape index (κ2) is 14.6. The number of ether oxygens (including phenoxy) is 2. The Hall–Kier alpha value is -6.48. The molecule has 56 heavy (non-hydrogen) atoms. The van der Waals surface area contributed by atoms with Gasteiger partial charge in [0.05, 0.1) is 48.9 Å². The number of nitrogens with zero attached hydrogens (tertiary/aromatic N) is 7. The smallest absolute Gasteiger partial charge is 0.334 e. The molecule has 1 aliphatic heterocycles. The van der Waals surface area contributed by atoms with Crippen molar-refractivity contribution in [3.63, 3.8) is 0 Å². The van der Waals surface area contributed by atoms with Gasteiger partial charge in [0, 0.05) is 97.2 Å². The molecule has 0 saturated carbocycles. The summed E-state index contributed by atoms with van der Waals surface area (Å²) in [7, 11) is 5.18. The van der Waals surface area contributed by atoms with Crippen LogP contribution in [0.1, 0.15) is 17.7 Å². The Kier molecular flexibility index (Phi) is 9.21. The van der Waals surface area contributed by atoms with E-state index in [-0.39, 0.29) is 17.9 Å². The number of nitriles is 1. The highest BCUT2D eigenvalue weighted by Gasteiger charge is 2.28. The third-order valence-corrected chi connectivity index (χ3v) is 11.3. The highest BCUT2D eigenvalue weighted by Crippen LogP contribution is 2.39. The first kappa shape index (κ1) is 35.2. The molecule has 0 atom stereocenters. The molecule has 282 valence electrons. The number of para-hydroxylation sites is 3. The minimum absolute atomic E-state index is 0.125. The fraction of sp³-hybridized carbons (Fsp3) is 0.244. The van der Waals surface area contributed by atoms with Crippen molar-refractivity contribution in [2.45, 2.75) is 19.5 Å². The maximum absolute atomic E-state index is 15.0. The van der Waals surface area contributed by atoms with Gasteiger partial charge in [0.1, 0.15) is 23.3 Å². The van der Waals surface area contributed by atoms with E-state index in [9.17, 15) is 5.26 Å². The van der Waals surface area contributed by atoms with Gasteiger partial charge in [-0.2, -0.15) is 5.26 Å². The van der Waals surface area contributed by atoms with Crippen LogP contribution in [0.3, 0.4) is 0 Å². The summed E-state index contributed by atoms with van der Waals surface area (Å²) >= 11 is 0. The first-order valence-electron chi connectivity index (χ1n) is 19.1. The Balaban J connectivity index is 1.25. The summed E-state index contributed by atoms with van der Waals surface area (Å²) in [5.74, 6) is 1.21. The van der Waals surface area contributed by atoms with Gasteiger partial charge in [-0.15, -0.1) is 0 Å². The number of aromatic nitrogens is 5. The van der Waals surface area contributed by atoms with Gasteiger partial charge < -0.3 is 33.4 Å². The number of aryl methyl sites for hydroxylation is 2.